The van der Waals surface area contributed by atoms with Crippen LogP contribution >= 0.6 is 11.6 Å². The minimum atomic E-state index is -0.391. The molecular formula is C19H19ClN6O3. The fraction of sp³-hybridized carbons (Fsp3) is 0.263. The largest absolute Gasteiger partial charge is 0.480 e. The number of nitrogens with zero attached hydrogens (tertiary/aromatic N) is 4. The first-order valence-corrected chi connectivity index (χ1v) is 9.30. The number of halogens is 1. The number of hydrogen-bond acceptors (Lipinski definition) is 7. The predicted octanol–water partition coefficient (Wildman–Crippen LogP) is 3.16. The van der Waals surface area contributed by atoms with Gasteiger partial charge in [-0.05, 0) is 30.2 Å². The maximum Gasteiger partial charge on any atom is 0.407 e. The molecule has 0 aliphatic carbocycles. The predicted molar refractivity (Wildman–Crippen MR) is 108 cm³/mol. The molecule has 10 heteroatoms. The van der Waals surface area contributed by atoms with Gasteiger partial charge in [0.1, 0.15) is 11.1 Å². The van der Waals surface area contributed by atoms with E-state index in [2.05, 4.69) is 31.8 Å². The number of anilines is 2. The summed E-state index contributed by atoms with van der Waals surface area (Å²) in [6.45, 7) is 2.98. The fourth-order valence-corrected chi connectivity index (χ4v) is 3.23. The Hall–Kier alpha value is -3.33. The van der Waals surface area contributed by atoms with Gasteiger partial charge in [0.15, 0.2) is 0 Å². The van der Waals surface area contributed by atoms with Gasteiger partial charge in [0.25, 0.3) is 0 Å². The minimum Gasteiger partial charge on any atom is -0.480 e. The third kappa shape index (κ3) is 4.40. The van der Waals surface area contributed by atoms with E-state index >= 15 is 0 Å². The number of hydrogen-bond donors (Lipinski definition) is 2. The van der Waals surface area contributed by atoms with Gasteiger partial charge in [0.05, 0.1) is 32.6 Å². The number of ether oxygens (including phenoxy) is 2. The molecule has 0 saturated carbocycles. The normalized spacial score (nSPS) is 15.7. The summed E-state index contributed by atoms with van der Waals surface area (Å²) in [4.78, 5) is 19.6. The zero-order chi connectivity index (χ0) is 20.4. The van der Waals surface area contributed by atoms with Crippen LogP contribution in [0, 0.1) is 6.92 Å². The highest BCUT2D eigenvalue weighted by Gasteiger charge is 2.23. The minimum absolute atomic E-state index is 0.220. The van der Waals surface area contributed by atoms with Crippen LogP contribution in [-0.2, 0) is 11.3 Å². The van der Waals surface area contributed by atoms with Crippen LogP contribution in [0.1, 0.15) is 5.56 Å². The summed E-state index contributed by atoms with van der Waals surface area (Å²) in [5.74, 6) is 0.689. The fourth-order valence-electron chi connectivity index (χ4n) is 3.06. The topological polar surface area (TPSA) is 103 Å². The van der Waals surface area contributed by atoms with Crippen LogP contribution < -0.4 is 15.4 Å². The second-order valence-electron chi connectivity index (χ2n) is 6.62. The van der Waals surface area contributed by atoms with Crippen molar-refractivity contribution in [1.29, 1.82) is 0 Å². The Kier molecular flexibility index (Phi) is 5.22. The Morgan fingerprint density at radius 3 is 2.97 bits per heavy atom. The SMILES string of the molecule is COc1nc(Nc2cc(C)cc(-c3cnn(CC4CNC(=O)O4)c3)c2)ncc1Cl. The summed E-state index contributed by atoms with van der Waals surface area (Å²) < 4.78 is 12.1. The summed E-state index contributed by atoms with van der Waals surface area (Å²) in [5.41, 5.74) is 3.82. The van der Waals surface area contributed by atoms with Crippen LogP contribution in [0.15, 0.2) is 36.8 Å². The Balaban J connectivity index is 1.53. The van der Waals surface area contributed by atoms with Gasteiger partial charge >= 0.3 is 6.09 Å². The smallest absolute Gasteiger partial charge is 0.407 e. The third-order valence-corrected chi connectivity index (χ3v) is 4.60. The maximum atomic E-state index is 11.2. The van der Waals surface area contributed by atoms with E-state index in [1.54, 1.807) is 10.9 Å². The molecule has 1 aliphatic heterocycles. The molecule has 2 N–H and O–H groups in total. The van der Waals surface area contributed by atoms with Crippen molar-refractivity contribution in [2.24, 2.45) is 0 Å². The molecule has 0 spiro atoms. The molecule has 3 aromatic rings. The molecule has 1 atom stereocenters. The average molecular weight is 415 g/mol. The van der Waals surface area contributed by atoms with Gasteiger partial charge in [-0.3, -0.25) is 4.68 Å². The van der Waals surface area contributed by atoms with Crippen molar-refractivity contribution in [2.45, 2.75) is 19.6 Å². The van der Waals surface area contributed by atoms with E-state index in [1.807, 2.05) is 25.3 Å². The van der Waals surface area contributed by atoms with Crippen LogP contribution in [0.25, 0.3) is 11.1 Å². The summed E-state index contributed by atoms with van der Waals surface area (Å²) in [7, 11) is 1.50. The van der Waals surface area contributed by atoms with Gasteiger partial charge in [-0.2, -0.15) is 10.1 Å². The quantitative estimate of drug-likeness (QED) is 0.638. The third-order valence-electron chi connectivity index (χ3n) is 4.34. The summed E-state index contributed by atoms with van der Waals surface area (Å²) in [5, 5.41) is 10.5. The number of methoxy groups -OCH3 is 1. The summed E-state index contributed by atoms with van der Waals surface area (Å²) in [6.07, 6.45) is 4.58. The molecule has 150 valence electrons. The van der Waals surface area contributed by atoms with E-state index in [4.69, 9.17) is 21.1 Å². The molecule has 1 unspecified atom stereocenters. The monoisotopic (exact) mass is 414 g/mol. The standard InChI is InChI=1S/C19H19ClN6O3/c1-11-3-12(13-6-23-26(9-13)10-15-7-22-19(27)29-15)5-14(4-11)24-18-21-8-16(20)17(25-18)28-2/h3-6,8-9,15H,7,10H2,1-2H3,(H,22,27)(H,21,24,25). The Morgan fingerprint density at radius 2 is 2.21 bits per heavy atom. The number of carbonyl (C=O) groups excluding carboxylic acids is 1. The van der Waals surface area contributed by atoms with E-state index in [0.29, 0.717) is 29.9 Å². The first-order valence-electron chi connectivity index (χ1n) is 8.93. The van der Waals surface area contributed by atoms with E-state index < -0.39 is 6.09 Å². The van der Waals surface area contributed by atoms with Crippen LogP contribution in [0.5, 0.6) is 5.88 Å². The highest BCUT2D eigenvalue weighted by molar-refractivity contribution is 6.31. The molecule has 0 radical (unpaired) electrons. The van der Waals surface area contributed by atoms with Crippen LogP contribution in [0.3, 0.4) is 0 Å². The molecule has 4 rings (SSSR count). The van der Waals surface area contributed by atoms with Gasteiger partial charge in [0.2, 0.25) is 11.8 Å². The molecule has 1 amide bonds. The number of alkyl carbamates (subject to hydrolysis) is 1. The highest BCUT2D eigenvalue weighted by atomic mass is 35.5. The second-order valence-corrected chi connectivity index (χ2v) is 7.03. The molecule has 3 heterocycles. The molecule has 1 fully saturated rings. The molecule has 9 nitrogen and oxygen atoms in total. The van der Waals surface area contributed by atoms with Crippen molar-refractivity contribution in [3.05, 3.63) is 47.4 Å². The number of amides is 1. The van der Waals surface area contributed by atoms with Crippen molar-refractivity contribution in [3.8, 4) is 17.0 Å². The Morgan fingerprint density at radius 1 is 1.34 bits per heavy atom. The lowest BCUT2D eigenvalue weighted by molar-refractivity contribution is 0.129. The molecular weight excluding hydrogens is 396 g/mol. The van der Waals surface area contributed by atoms with Gasteiger partial charge < -0.3 is 20.1 Å². The second kappa shape index (κ2) is 7.96. The van der Waals surface area contributed by atoms with Gasteiger partial charge in [0, 0.05) is 17.4 Å². The van der Waals surface area contributed by atoms with E-state index in [-0.39, 0.29) is 6.10 Å². The lowest BCUT2D eigenvalue weighted by Gasteiger charge is -2.10. The van der Waals surface area contributed by atoms with Crippen molar-refractivity contribution in [2.75, 3.05) is 19.0 Å². The van der Waals surface area contributed by atoms with Crippen LogP contribution in [0.4, 0.5) is 16.4 Å². The summed E-state index contributed by atoms with van der Waals surface area (Å²) >= 11 is 5.98. The van der Waals surface area contributed by atoms with Crippen LogP contribution in [-0.4, -0.2) is 45.6 Å². The Labute approximate surface area is 172 Å². The van der Waals surface area contributed by atoms with Crippen molar-refractivity contribution in [1.82, 2.24) is 25.1 Å². The van der Waals surface area contributed by atoms with Gasteiger partial charge in [-0.15, -0.1) is 0 Å². The van der Waals surface area contributed by atoms with Gasteiger partial charge in [-0.25, -0.2) is 9.78 Å². The number of nitrogens with one attached hydrogen (secondary N) is 2. The first kappa shape index (κ1) is 19.0. The lowest BCUT2D eigenvalue weighted by Crippen LogP contribution is -2.20. The van der Waals surface area contributed by atoms with Crippen LogP contribution in [0.2, 0.25) is 5.02 Å². The van der Waals surface area contributed by atoms with Crippen molar-refractivity contribution >= 4 is 29.3 Å². The van der Waals surface area contributed by atoms with E-state index in [0.717, 1.165) is 22.4 Å². The average Bonchev–Trinajstić information content (AvgIpc) is 3.32. The van der Waals surface area contributed by atoms with E-state index in [1.165, 1.54) is 13.3 Å². The highest BCUT2D eigenvalue weighted by Crippen LogP contribution is 2.27. The Bertz CT molecular complexity index is 1050. The van der Waals surface area contributed by atoms with E-state index in [9.17, 15) is 4.79 Å². The number of aryl methyl sites for hydroxylation is 1. The molecule has 1 aromatic carbocycles. The number of benzene rings is 1. The lowest BCUT2D eigenvalue weighted by atomic mass is 10.1. The number of carbonyl (C=O) groups is 1. The molecule has 29 heavy (non-hydrogen) atoms. The number of aromatic nitrogens is 4. The van der Waals surface area contributed by atoms with Crippen molar-refractivity contribution < 1.29 is 14.3 Å². The molecule has 0 bridgehead atoms. The zero-order valence-electron chi connectivity index (χ0n) is 15.8. The zero-order valence-corrected chi connectivity index (χ0v) is 16.6. The maximum absolute atomic E-state index is 11.2. The summed E-state index contributed by atoms with van der Waals surface area (Å²) in [6, 6.07) is 6.03. The molecule has 1 aliphatic rings. The number of cyclic esters (lactones) is 1. The first-order chi connectivity index (χ1) is 14.0. The van der Waals surface area contributed by atoms with Gasteiger partial charge in [-0.1, -0.05) is 17.7 Å². The number of rotatable bonds is 6. The molecule has 1 saturated heterocycles. The van der Waals surface area contributed by atoms with Crippen molar-refractivity contribution in [3.63, 3.8) is 0 Å². The molecule has 2 aromatic heterocycles.